The lowest BCUT2D eigenvalue weighted by Crippen LogP contribution is -2.47. The highest BCUT2D eigenvalue weighted by Gasteiger charge is 2.27. The third kappa shape index (κ3) is 3.94. The van der Waals surface area contributed by atoms with Crippen LogP contribution in [-0.4, -0.2) is 44.9 Å². The second kappa shape index (κ2) is 5.68. The molecule has 1 aromatic heterocycles. The van der Waals surface area contributed by atoms with Crippen molar-refractivity contribution in [1.82, 2.24) is 14.7 Å². The molecule has 0 N–H and O–H groups in total. The minimum atomic E-state index is -0.557. The van der Waals surface area contributed by atoms with Gasteiger partial charge < -0.3 is 19.8 Å². The van der Waals surface area contributed by atoms with Crippen molar-refractivity contribution in [2.75, 3.05) is 13.7 Å². The highest BCUT2D eigenvalue weighted by Crippen LogP contribution is 2.15. The number of hydrogen-bond donors (Lipinski definition) is 0. The number of nitro groups is 1. The van der Waals surface area contributed by atoms with Gasteiger partial charge in [0.25, 0.3) is 0 Å². The summed E-state index contributed by atoms with van der Waals surface area (Å²) < 4.78 is 6.15. The van der Waals surface area contributed by atoms with E-state index in [0.29, 0.717) is 13.1 Å². The van der Waals surface area contributed by atoms with Crippen molar-refractivity contribution in [2.24, 2.45) is 0 Å². The molecule has 0 aromatic carbocycles. The van der Waals surface area contributed by atoms with Crippen LogP contribution in [0.2, 0.25) is 0 Å². The van der Waals surface area contributed by atoms with Gasteiger partial charge in [0.2, 0.25) is 0 Å². The largest absolute Gasteiger partial charge is 0.453 e. The van der Waals surface area contributed by atoms with Gasteiger partial charge in [-0.3, -0.25) is 0 Å². The molecule has 1 aromatic rings. The number of ether oxygens (including phenoxy) is 1. The summed E-state index contributed by atoms with van der Waals surface area (Å²) in [7, 11) is 1.32. The highest BCUT2D eigenvalue weighted by atomic mass is 16.6. The lowest BCUT2D eigenvalue weighted by atomic mass is 10.1. The van der Waals surface area contributed by atoms with Gasteiger partial charge in [-0.05, 0) is 25.7 Å². The van der Waals surface area contributed by atoms with E-state index in [0.717, 1.165) is 0 Å². The molecule has 8 nitrogen and oxygen atoms in total. The molecule has 0 saturated carbocycles. The quantitative estimate of drug-likeness (QED) is 0.613. The molecule has 0 bridgehead atoms. The molecule has 0 aliphatic carbocycles. The summed E-state index contributed by atoms with van der Waals surface area (Å²) in [5.74, 6) is -0.208. The van der Waals surface area contributed by atoms with Gasteiger partial charge in [-0.25, -0.2) is 4.79 Å². The third-order valence-electron chi connectivity index (χ3n) is 2.57. The summed E-state index contributed by atoms with van der Waals surface area (Å²) in [6, 6.07) is 1.32. The molecule has 1 heterocycles. The molecule has 19 heavy (non-hydrogen) atoms. The molecule has 0 saturated heterocycles. The fourth-order valence-electron chi connectivity index (χ4n) is 1.59. The molecule has 0 aliphatic heterocycles. The topological polar surface area (TPSA) is 90.5 Å². The van der Waals surface area contributed by atoms with Crippen LogP contribution in [0, 0.1) is 10.1 Å². The maximum atomic E-state index is 11.7. The van der Waals surface area contributed by atoms with E-state index in [-0.39, 0.29) is 5.82 Å². The fraction of sp³-hybridized carbons (Fsp3) is 0.636. The number of amides is 1. The second-order valence-electron chi connectivity index (χ2n) is 4.99. The summed E-state index contributed by atoms with van der Waals surface area (Å²) in [5.41, 5.74) is -0.397. The van der Waals surface area contributed by atoms with Crippen LogP contribution in [0.4, 0.5) is 10.6 Å². The Kier molecular flexibility index (Phi) is 4.47. The van der Waals surface area contributed by atoms with Crippen molar-refractivity contribution >= 4 is 11.9 Å². The van der Waals surface area contributed by atoms with Gasteiger partial charge >= 0.3 is 11.9 Å². The van der Waals surface area contributed by atoms with Crippen molar-refractivity contribution in [3.63, 3.8) is 0 Å². The summed E-state index contributed by atoms with van der Waals surface area (Å²) in [6.45, 7) is 6.37. The maximum Gasteiger partial charge on any atom is 0.409 e. The maximum absolute atomic E-state index is 11.7. The third-order valence-corrected chi connectivity index (χ3v) is 2.57. The number of hydrogen-bond acceptors (Lipinski definition) is 5. The van der Waals surface area contributed by atoms with Crippen molar-refractivity contribution in [2.45, 2.75) is 32.9 Å². The molecule has 0 fully saturated rings. The Hall–Kier alpha value is -2.12. The summed E-state index contributed by atoms with van der Waals surface area (Å²) in [5, 5.41) is 14.3. The summed E-state index contributed by atoms with van der Waals surface area (Å²) in [6.07, 6.45) is 1.07. The SMILES string of the molecule is COC(=O)N(CCn1ccc([N+](=O)[O-])n1)C(C)(C)C. The first-order chi connectivity index (χ1) is 8.75. The number of methoxy groups -OCH3 is 1. The van der Waals surface area contributed by atoms with Crippen LogP contribution in [0.25, 0.3) is 0 Å². The predicted octanol–water partition coefficient (Wildman–Crippen LogP) is 1.66. The summed E-state index contributed by atoms with van der Waals surface area (Å²) >= 11 is 0. The molecular formula is C11H18N4O4. The smallest absolute Gasteiger partial charge is 0.409 e. The van der Waals surface area contributed by atoms with Crippen molar-refractivity contribution < 1.29 is 14.5 Å². The Labute approximate surface area is 111 Å². The van der Waals surface area contributed by atoms with Crippen LogP contribution in [-0.2, 0) is 11.3 Å². The normalized spacial score (nSPS) is 11.2. The zero-order valence-corrected chi connectivity index (χ0v) is 11.5. The van der Waals surface area contributed by atoms with Crippen LogP contribution in [0.1, 0.15) is 20.8 Å². The zero-order chi connectivity index (χ0) is 14.6. The predicted molar refractivity (Wildman–Crippen MR) is 67.7 cm³/mol. The monoisotopic (exact) mass is 270 g/mol. The Bertz CT molecular complexity index is 464. The van der Waals surface area contributed by atoms with Gasteiger partial charge in [0.05, 0.1) is 31.0 Å². The second-order valence-corrected chi connectivity index (χ2v) is 4.99. The standard InChI is InChI=1S/C11H18N4O4/c1-11(2,3)14(10(16)19-4)8-7-13-6-5-9(12-13)15(17)18/h5-6H,7-8H2,1-4H3. The lowest BCUT2D eigenvalue weighted by molar-refractivity contribution is -0.389. The van der Waals surface area contributed by atoms with Crippen LogP contribution >= 0.6 is 0 Å². The molecule has 0 radical (unpaired) electrons. The van der Waals surface area contributed by atoms with Gasteiger partial charge in [-0.2, -0.15) is 4.68 Å². The minimum absolute atomic E-state index is 0.208. The molecule has 106 valence electrons. The van der Waals surface area contributed by atoms with Crippen molar-refractivity contribution in [1.29, 1.82) is 0 Å². The van der Waals surface area contributed by atoms with E-state index in [1.54, 1.807) is 4.90 Å². The van der Waals surface area contributed by atoms with Crippen LogP contribution < -0.4 is 0 Å². The number of carbonyl (C=O) groups is 1. The molecule has 0 spiro atoms. The first kappa shape index (κ1) is 14.9. The molecule has 0 aliphatic rings. The van der Waals surface area contributed by atoms with E-state index in [2.05, 4.69) is 5.10 Å². The molecule has 0 atom stereocenters. The van der Waals surface area contributed by atoms with Crippen molar-refractivity contribution in [3.8, 4) is 0 Å². The van der Waals surface area contributed by atoms with Gasteiger partial charge in [0, 0.05) is 12.1 Å². The number of aromatic nitrogens is 2. The van der Waals surface area contributed by atoms with E-state index in [9.17, 15) is 14.9 Å². The molecule has 8 heteroatoms. The Morgan fingerprint density at radius 1 is 1.58 bits per heavy atom. The van der Waals surface area contributed by atoms with Crippen LogP contribution in [0.15, 0.2) is 12.3 Å². The highest BCUT2D eigenvalue weighted by molar-refractivity contribution is 5.68. The average molecular weight is 270 g/mol. The van der Waals surface area contributed by atoms with Gasteiger partial charge in [0.1, 0.15) is 0 Å². The first-order valence-corrected chi connectivity index (χ1v) is 5.79. The zero-order valence-electron chi connectivity index (χ0n) is 11.5. The molecule has 0 unspecified atom stereocenters. The molecule has 1 rings (SSSR count). The van der Waals surface area contributed by atoms with Crippen LogP contribution in [0.3, 0.4) is 0 Å². The van der Waals surface area contributed by atoms with E-state index < -0.39 is 16.6 Å². The Morgan fingerprint density at radius 3 is 2.63 bits per heavy atom. The molecule has 1 amide bonds. The van der Waals surface area contributed by atoms with E-state index in [1.807, 2.05) is 20.8 Å². The van der Waals surface area contributed by atoms with Crippen LogP contribution in [0.5, 0.6) is 0 Å². The molecular weight excluding hydrogens is 252 g/mol. The number of nitrogens with zero attached hydrogens (tertiary/aromatic N) is 4. The van der Waals surface area contributed by atoms with E-state index in [1.165, 1.54) is 24.1 Å². The first-order valence-electron chi connectivity index (χ1n) is 5.79. The number of carbonyl (C=O) groups excluding carboxylic acids is 1. The fourth-order valence-corrected chi connectivity index (χ4v) is 1.59. The van der Waals surface area contributed by atoms with Crippen molar-refractivity contribution in [3.05, 3.63) is 22.4 Å². The average Bonchev–Trinajstić information content (AvgIpc) is 2.76. The minimum Gasteiger partial charge on any atom is -0.453 e. The lowest BCUT2D eigenvalue weighted by Gasteiger charge is -2.33. The summed E-state index contributed by atoms with van der Waals surface area (Å²) in [4.78, 5) is 23.2. The van der Waals surface area contributed by atoms with E-state index >= 15 is 0 Å². The van der Waals surface area contributed by atoms with Gasteiger partial charge in [-0.15, -0.1) is 0 Å². The van der Waals surface area contributed by atoms with Gasteiger partial charge in [0.15, 0.2) is 0 Å². The Balaban J connectivity index is 2.70. The Morgan fingerprint density at radius 2 is 2.21 bits per heavy atom. The van der Waals surface area contributed by atoms with E-state index in [4.69, 9.17) is 4.74 Å². The van der Waals surface area contributed by atoms with Gasteiger partial charge in [-0.1, -0.05) is 0 Å². The number of rotatable bonds is 4.